The number of nitrogens with one attached hydrogen (secondary N) is 2. The Balaban J connectivity index is 0.00000195. The monoisotopic (exact) mass is 560 g/mol. The SMILES string of the molecule is C=C(F)C(=O)NCc1cnc(Oc2cc(OC)c3c(NSc4cc(CC)ccc4OC)noc3c2)s1.CC. The van der Waals surface area contributed by atoms with Crippen molar-refractivity contribution in [2.45, 2.75) is 38.6 Å². The number of fused-ring (bicyclic) bond motifs is 1. The average molecular weight is 561 g/mol. The summed E-state index contributed by atoms with van der Waals surface area (Å²) < 4.78 is 38.4. The molecule has 0 spiro atoms. The summed E-state index contributed by atoms with van der Waals surface area (Å²) in [5.74, 6) is 0.233. The van der Waals surface area contributed by atoms with Crippen LogP contribution in [0.4, 0.5) is 10.2 Å². The first-order chi connectivity index (χ1) is 18.4. The van der Waals surface area contributed by atoms with Gasteiger partial charge in [-0.3, -0.25) is 4.79 Å². The van der Waals surface area contributed by atoms with Crippen LogP contribution in [0.2, 0.25) is 0 Å². The van der Waals surface area contributed by atoms with Gasteiger partial charge in [-0.05, 0) is 36.1 Å². The number of methoxy groups -OCH3 is 2. The van der Waals surface area contributed by atoms with Gasteiger partial charge in [0.2, 0.25) is 0 Å². The van der Waals surface area contributed by atoms with E-state index in [-0.39, 0.29) is 6.54 Å². The molecule has 38 heavy (non-hydrogen) atoms. The van der Waals surface area contributed by atoms with Crippen molar-refractivity contribution in [1.82, 2.24) is 15.5 Å². The molecule has 4 aromatic rings. The van der Waals surface area contributed by atoms with Crippen LogP contribution in [-0.4, -0.2) is 30.3 Å². The summed E-state index contributed by atoms with van der Waals surface area (Å²) in [4.78, 5) is 17.1. The van der Waals surface area contributed by atoms with Crippen molar-refractivity contribution in [3.63, 3.8) is 0 Å². The summed E-state index contributed by atoms with van der Waals surface area (Å²) >= 11 is 2.56. The van der Waals surface area contributed by atoms with Gasteiger partial charge in [-0.15, -0.1) is 0 Å². The molecule has 202 valence electrons. The normalized spacial score (nSPS) is 10.4. The standard InChI is InChI=1S/C24H23FN4O5S2.C2H6/c1-5-14-6-7-17(31-3)20(8-14)36-29-22-21-18(32-4)9-15(10-19(21)34-28-22)33-24-27-12-16(35-24)11-26-23(30)13(2)25;1-2/h6-10,12H,2,5,11H2,1,3-4H3,(H,26,30)(H,28,29);1-2H3. The zero-order valence-electron chi connectivity index (χ0n) is 21.7. The highest BCUT2D eigenvalue weighted by Gasteiger charge is 2.18. The maximum absolute atomic E-state index is 12.8. The Labute approximate surface area is 228 Å². The lowest BCUT2D eigenvalue weighted by molar-refractivity contribution is -0.119. The zero-order chi connectivity index (χ0) is 27.7. The van der Waals surface area contributed by atoms with Crippen LogP contribution in [-0.2, 0) is 17.8 Å². The molecular formula is C26H29FN4O5S2. The second-order valence-corrected chi connectivity index (χ2v) is 9.28. The molecule has 0 atom stereocenters. The molecule has 1 amide bonds. The number of carbonyl (C=O) groups excluding carboxylic acids is 1. The third kappa shape index (κ3) is 6.95. The van der Waals surface area contributed by atoms with Gasteiger partial charge >= 0.3 is 0 Å². The zero-order valence-corrected chi connectivity index (χ0v) is 23.3. The summed E-state index contributed by atoms with van der Waals surface area (Å²) in [5.41, 5.74) is 1.64. The number of rotatable bonds is 11. The van der Waals surface area contributed by atoms with Crippen LogP contribution in [0.1, 0.15) is 31.2 Å². The summed E-state index contributed by atoms with van der Waals surface area (Å²) in [7, 11) is 3.17. The second kappa shape index (κ2) is 13.7. The van der Waals surface area contributed by atoms with E-state index in [1.807, 2.05) is 26.0 Å². The van der Waals surface area contributed by atoms with Crippen LogP contribution in [0.25, 0.3) is 11.0 Å². The molecule has 12 heteroatoms. The highest BCUT2D eigenvalue weighted by atomic mass is 32.2. The van der Waals surface area contributed by atoms with Gasteiger partial charge < -0.3 is 28.8 Å². The fourth-order valence-corrected chi connectivity index (χ4v) is 4.73. The minimum absolute atomic E-state index is 0.103. The Kier molecular flexibility index (Phi) is 10.4. The van der Waals surface area contributed by atoms with E-state index in [0.29, 0.717) is 38.4 Å². The van der Waals surface area contributed by atoms with Crippen molar-refractivity contribution in [2.24, 2.45) is 0 Å². The number of hydrogen-bond donors (Lipinski definition) is 2. The molecular weight excluding hydrogens is 531 g/mol. The molecule has 0 aliphatic heterocycles. The summed E-state index contributed by atoms with van der Waals surface area (Å²) in [6.45, 7) is 9.15. The molecule has 9 nitrogen and oxygen atoms in total. The number of ether oxygens (including phenoxy) is 3. The lowest BCUT2D eigenvalue weighted by Crippen LogP contribution is -2.21. The third-order valence-electron chi connectivity index (χ3n) is 5.03. The van der Waals surface area contributed by atoms with Gasteiger partial charge in [-0.1, -0.05) is 49.9 Å². The minimum Gasteiger partial charge on any atom is -0.496 e. The molecule has 0 saturated carbocycles. The van der Waals surface area contributed by atoms with Gasteiger partial charge in [-0.25, -0.2) is 9.37 Å². The lowest BCUT2D eigenvalue weighted by atomic mass is 10.2. The first-order valence-electron chi connectivity index (χ1n) is 11.7. The number of nitrogens with zero attached hydrogens (tertiary/aromatic N) is 2. The van der Waals surface area contributed by atoms with Crippen LogP contribution in [0.15, 0.2) is 58.4 Å². The molecule has 0 bridgehead atoms. The van der Waals surface area contributed by atoms with Crippen LogP contribution in [0.3, 0.4) is 0 Å². The van der Waals surface area contributed by atoms with Gasteiger partial charge in [0, 0.05) is 23.2 Å². The minimum atomic E-state index is -1.05. The number of thiazole rings is 1. The fourth-order valence-electron chi connectivity index (χ4n) is 3.21. The van der Waals surface area contributed by atoms with Crippen molar-refractivity contribution >= 4 is 46.0 Å². The molecule has 0 aliphatic carbocycles. The van der Waals surface area contributed by atoms with Crippen LogP contribution >= 0.6 is 23.3 Å². The van der Waals surface area contributed by atoms with Crippen molar-refractivity contribution in [2.75, 3.05) is 18.9 Å². The molecule has 2 aromatic heterocycles. The van der Waals surface area contributed by atoms with E-state index in [4.69, 9.17) is 18.7 Å². The largest absolute Gasteiger partial charge is 0.496 e. The Hall–Kier alpha value is -3.77. The van der Waals surface area contributed by atoms with Gasteiger partial charge in [0.05, 0.1) is 25.7 Å². The summed E-state index contributed by atoms with van der Waals surface area (Å²) in [6.07, 6.45) is 2.44. The smallest absolute Gasteiger partial charge is 0.279 e. The highest BCUT2D eigenvalue weighted by molar-refractivity contribution is 8.00. The third-order valence-corrected chi connectivity index (χ3v) is 6.74. The van der Waals surface area contributed by atoms with Gasteiger partial charge in [0.15, 0.2) is 17.2 Å². The van der Waals surface area contributed by atoms with Crippen molar-refractivity contribution in [3.8, 4) is 22.4 Å². The van der Waals surface area contributed by atoms with E-state index < -0.39 is 11.7 Å². The summed E-state index contributed by atoms with van der Waals surface area (Å²) in [5, 5.41) is 7.53. The number of anilines is 1. The predicted octanol–water partition coefficient (Wildman–Crippen LogP) is 6.90. The molecule has 2 heterocycles. The van der Waals surface area contributed by atoms with Crippen LogP contribution < -0.4 is 24.2 Å². The molecule has 0 fully saturated rings. The van der Waals surface area contributed by atoms with E-state index >= 15 is 0 Å². The first-order valence-corrected chi connectivity index (χ1v) is 13.4. The number of hydrogen-bond acceptors (Lipinski definition) is 10. The molecule has 0 radical (unpaired) electrons. The van der Waals surface area contributed by atoms with E-state index in [2.05, 4.69) is 39.7 Å². The molecule has 0 aliphatic rings. The Morgan fingerprint density at radius 2 is 1.95 bits per heavy atom. The molecule has 2 N–H and O–H groups in total. The summed E-state index contributed by atoms with van der Waals surface area (Å²) in [6, 6.07) is 9.40. The van der Waals surface area contributed by atoms with Crippen molar-refractivity contribution < 1.29 is 27.9 Å². The topological polar surface area (TPSA) is 108 Å². The van der Waals surface area contributed by atoms with E-state index in [9.17, 15) is 9.18 Å². The quantitative estimate of drug-likeness (QED) is 0.150. The number of benzene rings is 2. The number of halogens is 1. The van der Waals surface area contributed by atoms with E-state index in [1.54, 1.807) is 26.4 Å². The lowest BCUT2D eigenvalue weighted by Gasteiger charge is -2.10. The van der Waals surface area contributed by atoms with Crippen LogP contribution in [0, 0.1) is 0 Å². The number of aromatic nitrogens is 2. The maximum atomic E-state index is 12.8. The number of aryl methyl sites for hydroxylation is 1. The molecule has 2 aromatic carbocycles. The first kappa shape index (κ1) is 28.8. The number of amides is 1. The molecule has 0 saturated heterocycles. The van der Waals surface area contributed by atoms with E-state index in [0.717, 1.165) is 17.1 Å². The van der Waals surface area contributed by atoms with Gasteiger partial charge in [0.1, 0.15) is 22.6 Å². The predicted molar refractivity (Wildman–Crippen MR) is 148 cm³/mol. The van der Waals surface area contributed by atoms with E-state index in [1.165, 1.54) is 35.0 Å². The number of carbonyl (C=O) groups is 1. The van der Waals surface area contributed by atoms with Crippen molar-refractivity contribution in [1.29, 1.82) is 0 Å². The van der Waals surface area contributed by atoms with Gasteiger partial charge in [-0.2, -0.15) is 0 Å². The molecule has 0 unspecified atom stereocenters. The second-order valence-electron chi connectivity index (χ2n) is 7.35. The highest BCUT2D eigenvalue weighted by Crippen LogP contribution is 2.40. The Morgan fingerprint density at radius 3 is 2.63 bits per heavy atom. The molecule has 4 rings (SSSR count). The Morgan fingerprint density at radius 1 is 1.18 bits per heavy atom. The average Bonchev–Trinajstić information content (AvgIpc) is 3.57. The van der Waals surface area contributed by atoms with Crippen molar-refractivity contribution in [3.05, 3.63) is 59.4 Å². The Bertz CT molecular complexity index is 1410. The fraction of sp³-hybridized carbons (Fsp3) is 0.269. The maximum Gasteiger partial charge on any atom is 0.279 e. The van der Waals surface area contributed by atoms with Crippen LogP contribution in [0.5, 0.6) is 22.4 Å². The van der Waals surface area contributed by atoms with Gasteiger partial charge in [0.25, 0.3) is 11.1 Å².